The number of sulfone groups is 1. The molecule has 96 valence electrons. The second kappa shape index (κ2) is 4.78. The number of rotatable bonds is 2. The third kappa shape index (κ3) is 3.07. The zero-order valence-corrected chi connectivity index (χ0v) is 10.8. The SMILES string of the molecule is CC(C(=O)NC1CCS(=O)(=O)CC1)=C1CNC1. The van der Waals surface area contributed by atoms with Gasteiger partial charge in [-0.2, -0.15) is 0 Å². The van der Waals surface area contributed by atoms with Crippen LogP contribution in [0.5, 0.6) is 0 Å². The lowest BCUT2D eigenvalue weighted by Gasteiger charge is -2.25. The summed E-state index contributed by atoms with van der Waals surface area (Å²) in [4.78, 5) is 11.9. The van der Waals surface area contributed by atoms with E-state index in [-0.39, 0.29) is 23.5 Å². The highest BCUT2D eigenvalue weighted by molar-refractivity contribution is 7.91. The average Bonchev–Trinajstić information content (AvgIpc) is 2.18. The number of hydrogen-bond acceptors (Lipinski definition) is 4. The smallest absolute Gasteiger partial charge is 0.247 e. The van der Waals surface area contributed by atoms with Crippen LogP contribution in [0.2, 0.25) is 0 Å². The molecular weight excluding hydrogens is 240 g/mol. The Kier molecular flexibility index (Phi) is 3.53. The highest BCUT2D eigenvalue weighted by Gasteiger charge is 2.25. The Bertz CT molecular complexity index is 433. The third-order valence-corrected chi connectivity index (χ3v) is 5.15. The van der Waals surface area contributed by atoms with Gasteiger partial charge in [0.15, 0.2) is 0 Å². The Labute approximate surface area is 102 Å². The van der Waals surface area contributed by atoms with Crippen LogP contribution in [0, 0.1) is 0 Å². The van der Waals surface area contributed by atoms with Gasteiger partial charge in [-0.1, -0.05) is 0 Å². The van der Waals surface area contributed by atoms with Crippen LogP contribution in [0.1, 0.15) is 19.8 Å². The van der Waals surface area contributed by atoms with Gasteiger partial charge in [0.25, 0.3) is 0 Å². The van der Waals surface area contributed by atoms with E-state index in [1.165, 1.54) is 0 Å². The molecule has 2 fully saturated rings. The van der Waals surface area contributed by atoms with Crippen LogP contribution in [0.3, 0.4) is 0 Å². The van der Waals surface area contributed by atoms with E-state index < -0.39 is 9.84 Å². The van der Waals surface area contributed by atoms with E-state index >= 15 is 0 Å². The summed E-state index contributed by atoms with van der Waals surface area (Å²) in [7, 11) is -2.85. The van der Waals surface area contributed by atoms with Gasteiger partial charge in [-0.25, -0.2) is 8.42 Å². The molecule has 2 aliphatic heterocycles. The Morgan fingerprint density at radius 1 is 1.29 bits per heavy atom. The van der Waals surface area contributed by atoms with Gasteiger partial charge >= 0.3 is 0 Å². The van der Waals surface area contributed by atoms with Gasteiger partial charge in [0.1, 0.15) is 9.84 Å². The lowest BCUT2D eigenvalue weighted by Crippen LogP contribution is -2.43. The molecule has 0 unspecified atom stereocenters. The maximum atomic E-state index is 11.9. The fourth-order valence-corrected chi connectivity index (χ4v) is 3.50. The first-order chi connectivity index (χ1) is 7.98. The summed E-state index contributed by atoms with van der Waals surface area (Å²) in [5.74, 6) is 0.329. The minimum atomic E-state index is -2.85. The summed E-state index contributed by atoms with van der Waals surface area (Å²) in [5, 5.41) is 6.01. The summed E-state index contributed by atoms with van der Waals surface area (Å²) in [6.07, 6.45) is 1.07. The summed E-state index contributed by atoms with van der Waals surface area (Å²) in [6.45, 7) is 3.40. The van der Waals surface area contributed by atoms with Gasteiger partial charge in [0.05, 0.1) is 11.5 Å². The number of carbonyl (C=O) groups excluding carboxylic acids is 1. The molecule has 0 radical (unpaired) electrons. The fraction of sp³-hybridized carbons (Fsp3) is 0.727. The van der Waals surface area contributed by atoms with Gasteiger partial charge in [0.2, 0.25) is 5.91 Å². The molecule has 2 rings (SSSR count). The normalized spacial score (nSPS) is 23.9. The maximum absolute atomic E-state index is 11.9. The summed E-state index contributed by atoms with van der Waals surface area (Å²) >= 11 is 0. The molecule has 2 heterocycles. The van der Waals surface area contributed by atoms with Gasteiger partial charge in [-0.3, -0.25) is 4.79 Å². The first-order valence-corrected chi connectivity index (χ1v) is 7.71. The first-order valence-electron chi connectivity index (χ1n) is 5.88. The topological polar surface area (TPSA) is 75.3 Å². The van der Waals surface area contributed by atoms with Crippen molar-refractivity contribution in [2.45, 2.75) is 25.8 Å². The quantitative estimate of drug-likeness (QED) is 0.661. The van der Waals surface area contributed by atoms with Crippen molar-refractivity contribution >= 4 is 15.7 Å². The molecule has 0 aromatic rings. The molecule has 0 bridgehead atoms. The zero-order valence-electron chi connectivity index (χ0n) is 9.95. The summed E-state index contributed by atoms with van der Waals surface area (Å²) in [5.41, 5.74) is 1.92. The van der Waals surface area contributed by atoms with Crippen molar-refractivity contribution in [3.05, 3.63) is 11.1 Å². The van der Waals surface area contributed by atoms with Crippen molar-refractivity contribution in [2.75, 3.05) is 24.6 Å². The first kappa shape index (κ1) is 12.6. The second-order valence-corrected chi connectivity index (χ2v) is 7.04. The number of nitrogens with one attached hydrogen (secondary N) is 2. The highest BCUT2D eigenvalue weighted by atomic mass is 32.2. The largest absolute Gasteiger partial charge is 0.350 e. The van der Waals surface area contributed by atoms with Crippen LogP contribution in [0.25, 0.3) is 0 Å². The van der Waals surface area contributed by atoms with Gasteiger partial charge in [-0.05, 0) is 25.3 Å². The van der Waals surface area contributed by atoms with Crippen molar-refractivity contribution in [2.24, 2.45) is 0 Å². The van der Waals surface area contributed by atoms with Crippen LogP contribution in [0.4, 0.5) is 0 Å². The molecule has 0 aromatic carbocycles. The van der Waals surface area contributed by atoms with Crippen molar-refractivity contribution in [3.8, 4) is 0 Å². The molecule has 0 aliphatic carbocycles. The van der Waals surface area contributed by atoms with Crippen molar-refractivity contribution in [3.63, 3.8) is 0 Å². The molecule has 0 atom stereocenters. The monoisotopic (exact) mass is 258 g/mol. The number of hydrogen-bond donors (Lipinski definition) is 2. The van der Waals surface area contributed by atoms with Crippen LogP contribution in [-0.2, 0) is 14.6 Å². The minimum Gasteiger partial charge on any atom is -0.350 e. The molecule has 0 aromatic heterocycles. The fourth-order valence-electron chi connectivity index (χ4n) is 2.00. The van der Waals surface area contributed by atoms with Crippen molar-refractivity contribution < 1.29 is 13.2 Å². The molecule has 17 heavy (non-hydrogen) atoms. The van der Waals surface area contributed by atoms with Crippen LogP contribution in [0.15, 0.2) is 11.1 Å². The standard InChI is InChI=1S/C11H18N2O3S/c1-8(9-6-12-7-9)11(14)13-10-2-4-17(15,16)5-3-10/h10,12H,2-7H2,1H3,(H,13,14). The van der Waals surface area contributed by atoms with E-state index in [9.17, 15) is 13.2 Å². The predicted octanol–water partition coefficient (Wildman–Crippen LogP) is -0.400. The number of carbonyl (C=O) groups is 1. The van der Waals surface area contributed by atoms with E-state index in [0.29, 0.717) is 12.8 Å². The van der Waals surface area contributed by atoms with Crippen molar-refractivity contribution in [1.29, 1.82) is 0 Å². The van der Waals surface area contributed by atoms with Gasteiger partial charge < -0.3 is 10.6 Å². The Balaban J connectivity index is 1.88. The van der Waals surface area contributed by atoms with E-state index in [1.807, 2.05) is 6.92 Å². The molecule has 0 spiro atoms. The number of amides is 1. The third-order valence-electron chi connectivity index (χ3n) is 3.44. The molecule has 2 N–H and O–H groups in total. The Morgan fingerprint density at radius 2 is 1.88 bits per heavy atom. The second-order valence-electron chi connectivity index (χ2n) is 4.73. The van der Waals surface area contributed by atoms with E-state index in [1.54, 1.807) is 0 Å². The minimum absolute atomic E-state index is 0.00890. The summed E-state index contributed by atoms with van der Waals surface area (Å²) in [6, 6.07) is 0.00890. The van der Waals surface area contributed by atoms with E-state index in [0.717, 1.165) is 24.2 Å². The molecular formula is C11H18N2O3S. The molecule has 5 nitrogen and oxygen atoms in total. The molecule has 2 saturated heterocycles. The van der Waals surface area contributed by atoms with E-state index in [2.05, 4.69) is 10.6 Å². The summed E-state index contributed by atoms with van der Waals surface area (Å²) < 4.78 is 22.5. The molecule has 0 saturated carbocycles. The van der Waals surface area contributed by atoms with Crippen LogP contribution < -0.4 is 10.6 Å². The van der Waals surface area contributed by atoms with Crippen LogP contribution >= 0.6 is 0 Å². The molecule has 6 heteroatoms. The highest BCUT2D eigenvalue weighted by Crippen LogP contribution is 2.14. The molecule has 1 amide bonds. The zero-order chi connectivity index (χ0) is 12.5. The van der Waals surface area contributed by atoms with Gasteiger partial charge in [-0.15, -0.1) is 0 Å². The predicted molar refractivity (Wildman–Crippen MR) is 65.4 cm³/mol. The Morgan fingerprint density at radius 3 is 2.35 bits per heavy atom. The molecule has 2 aliphatic rings. The van der Waals surface area contributed by atoms with Gasteiger partial charge in [0, 0.05) is 24.7 Å². The van der Waals surface area contributed by atoms with E-state index in [4.69, 9.17) is 0 Å². The van der Waals surface area contributed by atoms with Crippen molar-refractivity contribution in [1.82, 2.24) is 10.6 Å². The Hall–Kier alpha value is -0.880. The average molecular weight is 258 g/mol. The lowest BCUT2D eigenvalue weighted by atomic mass is 10.0. The van der Waals surface area contributed by atoms with Crippen LogP contribution in [-0.4, -0.2) is 45.0 Å². The maximum Gasteiger partial charge on any atom is 0.247 e. The lowest BCUT2D eigenvalue weighted by molar-refractivity contribution is -0.118.